The summed E-state index contributed by atoms with van der Waals surface area (Å²) in [6, 6.07) is 9.71. The Morgan fingerprint density at radius 3 is 2.75 bits per heavy atom. The van der Waals surface area contributed by atoms with E-state index in [1.165, 1.54) is 4.68 Å². The van der Waals surface area contributed by atoms with Crippen molar-refractivity contribution in [2.45, 2.75) is 31.5 Å². The van der Waals surface area contributed by atoms with Gasteiger partial charge in [0.2, 0.25) is 5.91 Å². The van der Waals surface area contributed by atoms with E-state index in [4.69, 9.17) is 6.42 Å². The second kappa shape index (κ2) is 7.04. The SMILES string of the molecule is C#CCCC1(CCNC(=O)Cn2cc(-c3ccccc3)nn2)N=N1. The van der Waals surface area contributed by atoms with Crippen LogP contribution in [0.5, 0.6) is 0 Å². The van der Waals surface area contributed by atoms with Crippen molar-refractivity contribution in [3.05, 3.63) is 36.5 Å². The van der Waals surface area contributed by atoms with Gasteiger partial charge >= 0.3 is 0 Å². The first-order chi connectivity index (χ1) is 11.7. The fourth-order valence-electron chi connectivity index (χ4n) is 2.39. The summed E-state index contributed by atoms with van der Waals surface area (Å²) in [6.07, 6.45) is 9.06. The number of nitrogens with zero attached hydrogens (tertiary/aromatic N) is 5. The molecule has 0 saturated carbocycles. The van der Waals surface area contributed by atoms with Crippen LogP contribution in [0.2, 0.25) is 0 Å². The second-order valence-electron chi connectivity index (χ2n) is 5.65. The monoisotopic (exact) mass is 322 g/mol. The van der Waals surface area contributed by atoms with Gasteiger partial charge in [0.25, 0.3) is 0 Å². The van der Waals surface area contributed by atoms with Gasteiger partial charge in [0, 0.05) is 31.4 Å². The van der Waals surface area contributed by atoms with Crippen LogP contribution in [-0.4, -0.2) is 33.1 Å². The predicted molar refractivity (Wildman–Crippen MR) is 88.7 cm³/mol. The van der Waals surface area contributed by atoms with Crippen LogP contribution in [0.15, 0.2) is 46.8 Å². The molecule has 2 aromatic rings. The van der Waals surface area contributed by atoms with Crippen molar-refractivity contribution in [2.24, 2.45) is 10.2 Å². The molecule has 0 aliphatic carbocycles. The summed E-state index contributed by atoms with van der Waals surface area (Å²) in [5.41, 5.74) is 1.34. The zero-order valence-corrected chi connectivity index (χ0v) is 13.2. The molecule has 0 saturated heterocycles. The molecule has 1 aromatic carbocycles. The molecular formula is C17H18N6O. The Balaban J connectivity index is 1.44. The molecular weight excluding hydrogens is 304 g/mol. The average Bonchev–Trinajstić information content (AvgIpc) is 3.22. The molecule has 24 heavy (non-hydrogen) atoms. The van der Waals surface area contributed by atoms with Gasteiger partial charge in [-0.05, 0) is 0 Å². The van der Waals surface area contributed by atoms with E-state index in [0.29, 0.717) is 19.4 Å². The first kappa shape index (κ1) is 15.9. The third-order valence-electron chi connectivity index (χ3n) is 3.81. The van der Waals surface area contributed by atoms with E-state index in [1.807, 2.05) is 30.3 Å². The van der Waals surface area contributed by atoms with Crippen LogP contribution < -0.4 is 5.32 Å². The minimum absolute atomic E-state index is 0.118. The molecule has 7 nitrogen and oxygen atoms in total. The zero-order chi connectivity index (χ0) is 16.8. The van der Waals surface area contributed by atoms with Gasteiger partial charge in [-0.15, -0.1) is 17.4 Å². The van der Waals surface area contributed by atoms with Crippen LogP contribution in [0.3, 0.4) is 0 Å². The lowest BCUT2D eigenvalue weighted by molar-refractivity contribution is -0.121. The molecule has 0 atom stereocenters. The van der Waals surface area contributed by atoms with Crippen LogP contribution in [0, 0.1) is 12.3 Å². The fraction of sp³-hybridized carbons (Fsp3) is 0.353. The van der Waals surface area contributed by atoms with Crippen molar-refractivity contribution in [1.82, 2.24) is 20.3 Å². The Bertz CT molecular complexity index is 768. The Labute approximate surface area is 140 Å². The predicted octanol–water partition coefficient (Wildman–Crippen LogP) is 2.03. The first-order valence-corrected chi connectivity index (χ1v) is 7.81. The molecule has 0 fully saturated rings. The number of rotatable bonds is 8. The van der Waals surface area contributed by atoms with Gasteiger partial charge in [0.05, 0.1) is 6.20 Å². The van der Waals surface area contributed by atoms with E-state index in [-0.39, 0.29) is 18.1 Å². The highest BCUT2D eigenvalue weighted by atomic mass is 16.2. The summed E-state index contributed by atoms with van der Waals surface area (Å²) in [5, 5.41) is 19.0. The Hall–Kier alpha value is -3.01. The number of benzene rings is 1. The highest BCUT2D eigenvalue weighted by Crippen LogP contribution is 2.35. The van der Waals surface area contributed by atoms with Crippen molar-refractivity contribution >= 4 is 5.91 Å². The van der Waals surface area contributed by atoms with E-state index in [2.05, 4.69) is 31.8 Å². The van der Waals surface area contributed by atoms with E-state index in [9.17, 15) is 4.79 Å². The first-order valence-electron chi connectivity index (χ1n) is 7.81. The van der Waals surface area contributed by atoms with Gasteiger partial charge in [-0.1, -0.05) is 35.5 Å². The molecule has 7 heteroatoms. The maximum atomic E-state index is 12.0. The third-order valence-corrected chi connectivity index (χ3v) is 3.81. The molecule has 1 amide bonds. The van der Waals surface area contributed by atoms with Crippen LogP contribution in [0.25, 0.3) is 11.3 Å². The number of carbonyl (C=O) groups is 1. The summed E-state index contributed by atoms with van der Waals surface area (Å²) in [7, 11) is 0. The zero-order valence-electron chi connectivity index (χ0n) is 13.2. The topological polar surface area (TPSA) is 84.5 Å². The van der Waals surface area contributed by atoms with Crippen molar-refractivity contribution in [3.63, 3.8) is 0 Å². The largest absolute Gasteiger partial charge is 0.354 e. The maximum Gasteiger partial charge on any atom is 0.241 e. The highest BCUT2D eigenvalue weighted by molar-refractivity contribution is 5.75. The molecule has 2 heterocycles. The van der Waals surface area contributed by atoms with Gasteiger partial charge in [-0.2, -0.15) is 10.2 Å². The number of terminal acetylenes is 1. The Morgan fingerprint density at radius 2 is 2.04 bits per heavy atom. The molecule has 3 rings (SSSR count). The summed E-state index contributed by atoms with van der Waals surface area (Å²) < 4.78 is 1.53. The smallest absolute Gasteiger partial charge is 0.241 e. The number of aromatic nitrogens is 3. The summed E-state index contributed by atoms with van der Waals surface area (Å²) in [4.78, 5) is 12.0. The lowest BCUT2D eigenvalue weighted by Crippen LogP contribution is -2.31. The molecule has 1 aromatic heterocycles. The van der Waals surface area contributed by atoms with Crippen molar-refractivity contribution in [2.75, 3.05) is 6.54 Å². The standard InChI is InChI=1S/C17H18N6O/c1-2-3-9-17(20-21-17)10-11-18-16(24)13-23-12-15(19-22-23)14-7-5-4-6-8-14/h1,4-8,12H,3,9-11,13H2,(H,18,24). The minimum Gasteiger partial charge on any atom is -0.354 e. The second-order valence-corrected chi connectivity index (χ2v) is 5.65. The number of amides is 1. The number of hydrogen-bond donors (Lipinski definition) is 1. The van der Waals surface area contributed by atoms with E-state index in [1.54, 1.807) is 6.20 Å². The van der Waals surface area contributed by atoms with E-state index >= 15 is 0 Å². The minimum atomic E-state index is -0.368. The Kier molecular flexibility index (Phi) is 4.66. The lowest BCUT2D eigenvalue weighted by Gasteiger charge is -2.09. The van der Waals surface area contributed by atoms with Crippen LogP contribution in [-0.2, 0) is 11.3 Å². The highest BCUT2D eigenvalue weighted by Gasteiger charge is 2.38. The van der Waals surface area contributed by atoms with Crippen LogP contribution >= 0.6 is 0 Å². The maximum absolute atomic E-state index is 12.0. The summed E-state index contributed by atoms with van der Waals surface area (Å²) in [6.45, 7) is 0.641. The molecule has 0 radical (unpaired) electrons. The molecule has 1 aliphatic rings. The van der Waals surface area contributed by atoms with Gasteiger partial charge in [-0.25, -0.2) is 4.68 Å². The number of hydrogen-bond acceptors (Lipinski definition) is 5. The van der Waals surface area contributed by atoms with Crippen LogP contribution in [0.4, 0.5) is 0 Å². The number of carbonyl (C=O) groups excluding carboxylic acids is 1. The molecule has 0 bridgehead atoms. The molecule has 1 N–H and O–H groups in total. The summed E-state index contributed by atoms with van der Waals surface area (Å²) in [5.74, 6) is 2.47. The van der Waals surface area contributed by atoms with Crippen molar-refractivity contribution in [1.29, 1.82) is 0 Å². The van der Waals surface area contributed by atoms with Gasteiger partial charge in [0.15, 0.2) is 5.66 Å². The normalized spacial score (nSPS) is 14.1. The van der Waals surface area contributed by atoms with Crippen LogP contribution in [0.1, 0.15) is 19.3 Å². The van der Waals surface area contributed by atoms with Gasteiger partial charge in [-0.3, -0.25) is 4.79 Å². The third kappa shape index (κ3) is 4.04. The van der Waals surface area contributed by atoms with Crippen molar-refractivity contribution in [3.8, 4) is 23.6 Å². The molecule has 0 unspecified atom stereocenters. The lowest BCUT2D eigenvalue weighted by atomic mass is 10.0. The molecule has 122 valence electrons. The fourth-order valence-corrected chi connectivity index (χ4v) is 2.39. The van der Waals surface area contributed by atoms with Crippen molar-refractivity contribution < 1.29 is 4.79 Å². The van der Waals surface area contributed by atoms with Gasteiger partial charge < -0.3 is 5.32 Å². The Morgan fingerprint density at radius 1 is 1.25 bits per heavy atom. The van der Waals surface area contributed by atoms with Gasteiger partial charge in [0.1, 0.15) is 12.2 Å². The summed E-state index contributed by atoms with van der Waals surface area (Å²) >= 11 is 0. The quantitative estimate of drug-likeness (QED) is 0.755. The molecule has 0 spiro atoms. The average molecular weight is 322 g/mol. The van der Waals surface area contributed by atoms with E-state index in [0.717, 1.165) is 17.7 Å². The number of nitrogens with one attached hydrogen (secondary N) is 1. The molecule has 1 aliphatic heterocycles. The van der Waals surface area contributed by atoms with E-state index < -0.39 is 0 Å².